The molecule has 0 fully saturated rings. The van der Waals surface area contributed by atoms with Gasteiger partial charge in [-0.3, -0.25) is 0 Å². The second kappa shape index (κ2) is 14.1. The Labute approximate surface area is 290 Å². The average molecular weight is 669 g/mol. The van der Waals surface area contributed by atoms with Gasteiger partial charge in [0.25, 0.3) is 0 Å². The van der Waals surface area contributed by atoms with E-state index in [1.165, 1.54) is 22.3 Å². The second-order valence-electron chi connectivity index (χ2n) is 13.1. The Morgan fingerprint density at radius 3 is 1.69 bits per heavy atom. The molecule has 248 valence electrons. The third-order valence-corrected chi connectivity index (χ3v) is 10.8. The number of ether oxygens (including phenoxy) is 2. The first-order valence-electron chi connectivity index (χ1n) is 16.8. The van der Waals surface area contributed by atoms with Crippen molar-refractivity contribution in [3.05, 3.63) is 162 Å². The molecule has 0 amide bonds. The third-order valence-electron chi connectivity index (χ3n) is 8.93. The van der Waals surface area contributed by atoms with Crippen LogP contribution in [0.1, 0.15) is 43.0 Å². The van der Waals surface area contributed by atoms with Gasteiger partial charge in [-0.1, -0.05) is 130 Å². The minimum absolute atomic E-state index is 0.0239. The van der Waals surface area contributed by atoms with Gasteiger partial charge in [-0.25, -0.2) is 0 Å². The van der Waals surface area contributed by atoms with Gasteiger partial charge < -0.3 is 23.6 Å². The van der Waals surface area contributed by atoms with Crippen LogP contribution in [0.4, 0.5) is 0 Å². The van der Waals surface area contributed by atoms with Crippen molar-refractivity contribution in [2.24, 2.45) is 0 Å². The predicted octanol–water partition coefficient (Wildman–Crippen LogP) is 10.2. The molecule has 49 heavy (non-hydrogen) atoms. The Bertz CT molecular complexity index is 1980. The quantitative estimate of drug-likeness (QED) is 0.104. The van der Waals surface area contributed by atoms with Crippen LogP contribution in [-0.2, 0) is 9.94 Å². The summed E-state index contributed by atoms with van der Waals surface area (Å²) in [4.78, 5) is 0. The van der Waals surface area contributed by atoms with E-state index in [1.807, 2.05) is 36.4 Å². The van der Waals surface area contributed by atoms with E-state index >= 15 is 0 Å². The first-order valence-corrected chi connectivity index (χ1v) is 17.9. The molecule has 6 aromatic rings. The lowest BCUT2D eigenvalue weighted by Gasteiger charge is -2.34. The monoisotopic (exact) mass is 668 g/mol. The van der Waals surface area contributed by atoms with Gasteiger partial charge in [0.15, 0.2) is 0 Å². The summed E-state index contributed by atoms with van der Waals surface area (Å²) >= 11 is 0. The summed E-state index contributed by atoms with van der Waals surface area (Å²) in [5.41, 5.74) is 6.72. The normalized spacial score (nSPS) is 13.8. The predicted molar refractivity (Wildman–Crippen MR) is 199 cm³/mol. The molecule has 6 heteroatoms. The summed E-state index contributed by atoms with van der Waals surface area (Å²) in [6, 6.07) is 48.5. The fraction of sp³-hybridized carbons (Fsp3) is 0.209. The second-order valence-corrected chi connectivity index (χ2v) is 15.4. The number of rotatable bonds is 12. The van der Waals surface area contributed by atoms with Crippen molar-refractivity contribution in [2.45, 2.75) is 31.3 Å². The highest BCUT2D eigenvalue weighted by atomic mass is 31.2. The molecule has 0 aliphatic heterocycles. The van der Waals surface area contributed by atoms with Crippen LogP contribution < -0.4 is 14.0 Å². The molecule has 1 aliphatic carbocycles. The lowest BCUT2D eigenvalue weighted by Crippen LogP contribution is -2.28. The number of fused-ring (bicyclic) bond motifs is 4. The molecule has 0 heterocycles. The summed E-state index contributed by atoms with van der Waals surface area (Å²) in [5.74, 6) is 2.35. The zero-order valence-corrected chi connectivity index (χ0v) is 29.0. The van der Waals surface area contributed by atoms with Crippen LogP contribution in [0.2, 0.25) is 0 Å². The summed E-state index contributed by atoms with van der Waals surface area (Å²) in [6.45, 7) is 7.49. The molecule has 0 spiro atoms. The number of aliphatic hydroxyl groups excluding tert-OH is 1. The number of aliphatic hydroxyl groups is 1. The van der Waals surface area contributed by atoms with Gasteiger partial charge in [-0.05, 0) is 69.1 Å². The molecule has 0 saturated carbocycles. The zero-order chi connectivity index (χ0) is 33.8. The maximum absolute atomic E-state index is 9.25. The molecule has 7 rings (SSSR count). The molecule has 0 saturated heterocycles. The number of hydrogen-bond donors (Lipinski definition) is 1. The van der Waals surface area contributed by atoms with Gasteiger partial charge in [0.1, 0.15) is 30.5 Å². The highest BCUT2D eigenvalue weighted by Gasteiger charge is 2.45. The molecule has 0 bridgehead atoms. The number of benzene rings is 6. The first-order chi connectivity index (χ1) is 23.9. The van der Waals surface area contributed by atoms with Crippen molar-refractivity contribution in [3.8, 4) is 28.4 Å². The van der Waals surface area contributed by atoms with Crippen LogP contribution in [0, 0.1) is 0 Å². The van der Waals surface area contributed by atoms with Gasteiger partial charge in [-0.15, -0.1) is 0 Å². The van der Waals surface area contributed by atoms with E-state index < -0.39 is 13.8 Å². The fourth-order valence-corrected chi connectivity index (χ4v) is 8.08. The van der Waals surface area contributed by atoms with Crippen LogP contribution in [0.15, 0.2) is 140 Å². The third kappa shape index (κ3) is 6.43. The molecular formula is C43H41O5P. The highest BCUT2D eigenvalue weighted by molar-refractivity contribution is 7.49. The Kier molecular flexibility index (Phi) is 9.42. The lowest BCUT2D eigenvalue weighted by molar-refractivity contribution is 0.201. The van der Waals surface area contributed by atoms with Crippen LogP contribution in [0.3, 0.4) is 0 Å². The Hall–Kier alpha value is -4.67. The Morgan fingerprint density at radius 1 is 0.571 bits per heavy atom. The summed E-state index contributed by atoms with van der Waals surface area (Å²) < 4.78 is 24.8. The van der Waals surface area contributed by atoms with Crippen LogP contribution in [0.5, 0.6) is 17.2 Å². The minimum Gasteiger partial charge on any atom is -0.491 e. The smallest absolute Gasteiger partial charge is 0.235 e. The molecule has 0 aromatic heterocycles. The van der Waals surface area contributed by atoms with Crippen molar-refractivity contribution in [1.29, 1.82) is 0 Å². The van der Waals surface area contributed by atoms with E-state index in [2.05, 4.69) is 124 Å². The van der Waals surface area contributed by atoms with Crippen LogP contribution in [-0.4, -0.2) is 36.7 Å². The highest BCUT2D eigenvalue weighted by Crippen LogP contribution is 2.56. The molecule has 0 radical (unpaired) electrons. The van der Waals surface area contributed by atoms with Crippen LogP contribution >= 0.6 is 8.38 Å². The maximum atomic E-state index is 9.25. The van der Waals surface area contributed by atoms with E-state index in [0.717, 1.165) is 39.1 Å². The van der Waals surface area contributed by atoms with E-state index in [-0.39, 0.29) is 18.4 Å². The molecule has 5 nitrogen and oxygen atoms in total. The lowest BCUT2D eigenvalue weighted by atomic mass is 9.68. The van der Waals surface area contributed by atoms with E-state index in [9.17, 15) is 5.11 Å². The fourth-order valence-electron chi connectivity index (χ4n) is 6.79. The molecule has 1 aliphatic rings. The number of hydrogen-bond acceptors (Lipinski definition) is 5. The largest absolute Gasteiger partial charge is 0.491 e. The molecule has 1 atom stereocenters. The van der Waals surface area contributed by atoms with Crippen LogP contribution in [0.25, 0.3) is 21.9 Å². The van der Waals surface area contributed by atoms with E-state index in [4.69, 9.17) is 18.5 Å². The average Bonchev–Trinajstić information content (AvgIpc) is 3.43. The van der Waals surface area contributed by atoms with Crippen molar-refractivity contribution in [3.63, 3.8) is 0 Å². The van der Waals surface area contributed by atoms with Gasteiger partial charge in [0, 0.05) is 10.5 Å². The van der Waals surface area contributed by atoms with Crippen molar-refractivity contribution < 1.29 is 23.6 Å². The van der Waals surface area contributed by atoms with Gasteiger partial charge in [0.05, 0.1) is 18.6 Å². The van der Waals surface area contributed by atoms with Crippen molar-refractivity contribution >= 4 is 19.1 Å². The van der Waals surface area contributed by atoms with E-state index in [1.54, 1.807) is 0 Å². The summed E-state index contributed by atoms with van der Waals surface area (Å²) in [5, 5.41) is 11.3. The van der Waals surface area contributed by atoms with E-state index in [0.29, 0.717) is 13.2 Å². The molecule has 1 N–H and O–H groups in total. The zero-order valence-electron chi connectivity index (χ0n) is 28.1. The summed E-state index contributed by atoms with van der Waals surface area (Å²) in [7, 11) is -1.23. The SMILES string of the molecule is CC(C)(C)P(OCCOc1ccc(C2(c3ccc(OCCO)cc3)c3ccccc3-c3ccccc32)cc1)Oc1cccc2ccccc12. The minimum atomic E-state index is -1.23. The van der Waals surface area contributed by atoms with Gasteiger partial charge >= 0.3 is 0 Å². The van der Waals surface area contributed by atoms with Gasteiger partial charge in [-0.2, -0.15) is 0 Å². The molecule has 1 unspecified atom stereocenters. The molecular weight excluding hydrogens is 627 g/mol. The first kappa shape index (κ1) is 32.9. The maximum Gasteiger partial charge on any atom is 0.235 e. The topological polar surface area (TPSA) is 57.2 Å². The Balaban J connectivity index is 1.12. The van der Waals surface area contributed by atoms with Gasteiger partial charge in [0.2, 0.25) is 8.38 Å². The molecule has 6 aromatic carbocycles. The van der Waals surface area contributed by atoms with Crippen molar-refractivity contribution in [1.82, 2.24) is 0 Å². The summed E-state index contributed by atoms with van der Waals surface area (Å²) in [6.07, 6.45) is 0. The standard InChI is InChI=1S/C43H41O5P/c1-42(2,3)49(48-41-18-10-12-31-11-4-5-13-36(31)41)47-30-29-46-35-25-21-33(22-26-35)43(32-19-23-34(24-20-32)45-28-27-44)39-16-8-6-14-37(39)38-15-7-9-17-40(38)43/h4-26,44H,27-30H2,1-3H3. The van der Waals surface area contributed by atoms with Crippen molar-refractivity contribution in [2.75, 3.05) is 26.4 Å². The Morgan fingerprint density at radius 2 is 1.10 bits per heavy atom.